The molecule has 5 heteroatoms. The molecule has 4 nitrogen and oxygen atoms in total. The largest absolute Gasteiger partial charge is 0.354 e. The summed E-state index contributed by atoms with van der Waals surface area (Å²) < 4.78 is 26.2. The minimum Gasteiger partial charge on any atom is -0.354 e. The lowest BCUT2D eigenvalue weighted by Gasteiger charge is -2.10. The van der Waals surface area contributed by atoms with Crippen LogP contribution in [0.4, 0.5) is 5.69 Å². The zero-order valence-corrected chi connectivity index (χ0v) is 12.4. The monoisotopic (exact) mass is 300 g/mol. The number of benzene rings is 2. The van der Waals surface area contributed by atoms with Gasteiger partial charge in [-0.2, -0.15) is 0 Å². The molecule has 2 aromatic carbocycles. The van der Waals surface area contributed by atoms with Gasteiger partial charge < -0.3 is 4.98 Å². The van der Waals surface area contributed by atoms with Crippen LogP contribution >= 0.6 is 0 Å². The van der Waals surface area contributed by atoms with Crippen LogP contribution in [0, 0.1) is 0 Å². The standard InChI is InChI=1S/C16H16N2O2S/c1-2-21(19,20)18-15-10-6-4-8-13(15)16-11-12-7-3-5-9-14(12)17-16/h3-11,17-18H,2H2,1H3. The molecule has 0 aliphatic heterocycles. The van der Waals surface area contributed by atoms with E-state index in [1.165, 1.54) is 0 Å². The zero-order valence-electron chi connectivity index (χ0n) is 11.6. The van der Waals surface area contributed by atoms with E-state index >= 15 is 0 Å². The van der Waals surface area contributed by atoms with Gasteiger partial charge in [0, 0.05) is 22.2 Å². The Morgan fingerprint density at radius 1 is 1.05 bits per heavy atom. The summed E-state index contributed by atoms with van der Waals surface area (Å²) in [5.41, 5.74) is 3.35. The lowest BCUT2D eigenvalue weighted by molar-refractivity contribution is 0.602. The van der Waals surface area contributed by atoms with Crippen molar-refractivity contribution in [2.45, 2.75) is 6.92 Å². The Morgan fingerprint density at radius 2 is 1.76 bits per heavy atom. The molecule has 0 saturated heterocycles. The highest BCUT2D eigenvalue weighted by molar-refractivity contribution is 7.92. The number of H-pyrrole nitrogens is 1. The summed E-state index contributed by atoms with van der Waals surface area (Å²) in [6, 6.07) is 17.4. The fourth-order valence-electron chi connectivity index (χ4n) is 2.27. The Bertz CT molecular complexity index is 849. The van der Waals surface area contributed by atoms with Gasteiger partial charge in [-0.15, -0.1) is 0 Å². The van der Waals surface area contributed by atoms with E-state index in [0.29, 0.717) is 5.69 Å². The van der Waals surface area contributed by atoms with Gasteiger partial charge in [-0.3, -0.25) is 4.72 Å². The average molecular weight is 300 g/mol. The molecular formula is C16H16N2O2S. The average Bonchev–Trinajstić information content (AvgIpc) is 2.91. The van der Waals surface area contributed by atoms with E-state index in [2.05, 4.69) is 9.71 Å². The number of para-hydroxylation sites is 2. The Kier molecular flexibility index (Phi) is 3.43. The third kappa shape index (κ3) is 2.78. The Labute approximate surface area is 123 Å². The van der Waals surface area contributed by atoms with Gasteiger partial charge in [0.2, 0.25) is 10.0 Å². The number of aromatic nitrogens is 1. The van der Waals surface area contributed by atoms with Crippen LogP contribution in [0.1, 0.15) is 6.92 Å². The molecule has 1 heterocycles. The number of anilines is 1. The molecule has 0 bridgehead atoms. The third-order valence-electron chi connectivity index (χ3n) is 3.39. The fourth-order valence-corrected chi connectivity index (χ4v) is 2.92. The minimum absolute atomic E-state index is 0.0496. The molecule has 0 saturated carbocycles. The molecule has 1 aromatic heterocycles. The van der Waals surface area contributed by atoms with Crippen LogP contribution in [0.3, 0.4) is 0 Å². The van der Waals surface area contributed by atoms with Gasteiger partial charge >= 0.3 is 0 Å². The Morgan fingerprint density at radius 3 is 2.52 bits per heavy atom. The molecule has 0 spiro atoms. The van der Waals surface area contributed by atoms with Crippen LogP contribution in [-0.2, 0) is 10.0 Å². The summed E-state index contributed by atoms with van der Waals surface area (Å²) >= 11 is 0. The van der Waals surface area contributed by atoms with Crippen LogP contribution in [-0.4, -0.2) is 19.2 Å². The quantitative estimate of drug-likeness (QED) is 0.773. The molecule has 0 aliphatic rings. The number of fused-ring (bicyclic) bond motifs is 1. The predicted octanol–water partition coefficient (Wildman–Crippen LogP) is 3.60. The van der Waals surface area contributed by atoms with Crippen molar-refractivity contribution in [2.75, 3.05) is 10.5 Å². The first-order valence-electron chi connectivity index (χ1n) is 6.77. The maximum atomic E-state index is 11.8. The molecule has 0 fully saturated rings. The van der Waals surface area contributed by atoms with E-state index in [-0.39, 0.29) is 5.75 Å². The topological polar surface area (TPSA) is 62.0 Å². The first kappa shape index (κ1) is 13.7. The molecule has 108 valence electrons. The predicted molar refractivity (Wildman–Crippen MR) is 86.8 cm³/mol. The number of aromatic amines is 1. The van der Waals surface area contributed by atoms with E-state index in [1.54, 1.807) is 13.0 Å². The van der Waals surface area contributed by atoms with Gasteiger partial charge in [0.1, 0.15) is 0 Å². The van der Waals surface area contributed by atoms with Gasteiger partial charge in [0.05, 0.1) is 11.4 Å². The maximum absolute atomic E-state index is 11.8. The maximum Gasteiger partial charge on any atom is 0.232 e. The molecule has 2 N–H and O–H groups in total. The molecule has 0 amide bonds. The molecule has 3 aromatic rings. The highest BCUT2D eigenvalue weighted by atomic mass is 32.2. The normalized spacial score (nSPS) is 11.7. The van der Waals surface area contributed by atoms with Gasteiger partial charge in [-0.25, -0.2) is 8.42 Å². The number of nitrogens with one attached hydrogen (secondary N) is 2. The molecule has 0 aliphatic carbocycles. The van der Waals surface area contributed by atoms with E-state index < -0.39 is 10.0 Å². The van der Waals surface area contributed by atoms with Crippen LogP contribution < -0.4 is 4.72 Å². The second-order valence-electron chi connectivity index (χ2n) is 4.82. The van der Waals surface area contributed by atoms with Crippen molar-refractivity contribution in [3.8, 4) is 11.3 Å². The molecule has 0 radical (unpaired) electrons. The van der Waals surface area contributed by atoms with E-state index in [9.17, 15) is 8.42 Å². The van der Waals surface area contributed by atoms with Crippen molar-refractivity contribution in [3.63, 3.8) is 0 Å². The van der Waals surface area contributed by atoms with Crippen molar-refractivity contribution in [1.82, 2.24) is 4.98 Å². The first-order chi connectivity index (χ1) is 10.1. The molecule has 0 unspecified atom stereocenters. The summed E-state index contributed by atoms with van der Waals surface area (Å²) in [4.78, 5) is 3.32. The Balaban J connectivity index is 2.10. The zero-order chi connectivity index (χ0) is 14.9. The number of hydrogen-bond acceptors (Lipinski definition) is 2. The summed E-state index contributed by atoms with van der Waals surface area (Å²) in [5.74, 6) is 0.0496. The van der Waals surface area contributed by atoms with Crippen LogP contribution in [0.2, 0.25) is 0 Å². The SMILES string of the molecule is CCS(=O)(=O)Nc1ccccc1-c1cc2ccccc2[nH]1. The molecule has 3 rings (SSSR count). The van der Waals surface area contributed by atoms with Crippen LogP contribution in [0.5, 0.6) is 0 Å². The second-order valence-corrected chi connectivity index (χ2v) is 6.83. The highest BCUT2D eigenvalue weighted by Crippen LogP contribution is 2.30. The Hall–Kier alpha value is -2.27. The number of hydrogen-bond donors (Lipinski definition) is 2. The fraction of sp³-hybridized carbons (Fsp3) is 0.125. The van der Waals surface area contributed by atoms with Crippen LogP contribution in [0.25, 0.3) is 22.2 Å². The molecule has 21 heavy (non-hydrogen) atoms. The third-order valence-corrected chi connectivity index (χ3v) is 4.68. The van der Waals surface area contributed by atoms with Gasteiger partial charge in [0.25, 0.3) is 0 Å². The summed E-state index contributed by atoms with van der Waals surface area (Å²) in [5, 5.41) is 1.10. The number of sulfonamides is 1. The second kappa shape index (κ2) is 5.26. The van der Waals surface area contributed by atoms with E-state index in [0.717, 1.165) is 22.2 Å². The highest BCUT2D eigenvalue weighted by Gasteiger charge is 2.12. The summed E-state index contributed by atoms with van der Waals surface area (Å²) in [6.07, 6.45) is 0. The van der Waals surface area contributed by atoms with Crippen molar-refractivity contribution < 1.29 is 8.42 Å². The molecule has 0 atom stereocenters. The lowest BCUT2D eigenvalue weighted by atomic mass is 10.1. The van der Waals surface area contributed by atoms with Gasteiger partial charge in [0.15, 0.2) is 0 Å². The van der Waals surface area contributed by atoms with E-state index in [1.807, 2.05) is 48.5 Å². The van der Waals surface area contributed by atoms with Crippen LogP contribution in [0.15, 0.2) is 54.6 Å². The summed E-state index contributed by atoms with van der Waals surface area (Å²) in [7, 11) is -3.30. The summed E-state index contributed by atoms with van der Waals surface area (Å²) in [6.45, 7) is 1.62. The smallest absolute Gasteiger partial charge is 0.232 e. The lowest BCUT2D eigenvalue weighted by Crippen LogP contribution is -2.15. The van der Waals surface area contributed by atoms with Crippen molar-refractivity contribution in [2.24, 2.45) is 0 Å². The van der Waals surface area contributed by atoms with Gasteiger partial charge in [-0.1, -0.05) is 36.4 Å². The molecular weight excluding hydrogens is 284 g/mol. The van der Waals surface area contributed by atoms with Crippen molar-refractivity contribution in [1.29, 1.82) is 0 Å². The van der Waals surface area contributed by atoms with E-state index in [4.69, 9.17) is 0 Å². The number of rotatable bonds is 4. The first-order valence-corrected chi connectivity index (χ1v) is 8.42. The minimum atomic E-state index is -3.30. The van der Waals surface area contributed by atoms with Crippen molar-refractivity contribution in [3.05, 3.63) is 54.6 Å². The van der Waals surface area contributed by atoms with Gasteiger partial charge in [-0.05, 0) is 25.1 Å². The van der Waals surface area contributed by atoms with Crippen molar-refractivity contribution >= 4 is 26.6 Å².